The van der Waals surface area contributed by atoms with Crippen LogP contribution in [0.25, 0.3) is 11.0 Å². The van der Waals surface area contributed by atoms with Crippen molar-refractivity contribution in [2.45, 2.75) is 13.8 Å². The highest BCUT2D eigenvalue weighted by atomic mass is 16.4. The van der Waals surface area contributed by atoms with Crippen molar-refractivity contribution in [3.63, 3.8) is 0 Å². The van der Waals surface area contributed by atoms with E-state index in [4.69, 9.17) is 9.62 Å². The molecular formula is C11H11NO2. The highest BCUT2D eigenvalue weighted by molar-refractivity contribution is 6.01. The minimum absolute atomic E-state index is 0.499. The number of hydrogen-bond donors (Lipinski definition) is 1. The molecule has 1 N–H and O–H groups in total. The minimum Gasteiger partial charge on any atom is -0.454 e. The molecule has 3 nitrogen and oxygen atoms in total. The standard InChI is InChI=1S/C11H11NO2/c1-7-9-5-3-4-6-10(9)14-11(7)8(2)12-13/h3-6,13H,1-2H3/b12-8-. The summed E-state index contributed by atoms with van der Waals surface area (Å²) in [6.45, 7) is 3.67. The van der Waals surface area contributed by atoms with Crippen molar-refractivity contribution < 1.29 is 9.62 Å². The highest BCUT2D eigenvalue weighted by Crippen LogP contribution is 2.25. The fourth-order valence-corrected chi connectivity index (χ4v) is 1.56. The number of aryl methyl sites for hydroxylation is 1. The lowest BCUT2D eigenvalue weighted by Crippen LogP contribution is -1.93. The quantitative estimate of drug-likeness (QED) is 0.426. The zero-order valence-electron chi connectivity index (χ0n) is 8.11. The zero-order valence-corrected chi connectivity index (χ0v) is 8.11. The molecule has 2 aromatic rings. The van der Waals surface area contributed by atoms with E-state index in [0.29, 0.717) is 11.5 Å². The van der Waals surface area contributed by atoms with Crippen molar-refractivity contribution >= 4 is 16.7 Å². The van der Waals surface area contributed by atoms with E-state index in [1.807, 2.05) is 31.2 Å². The molecule has 0 fully saturated rings. The molecule has 72 valence electrons. The van der Waals surface area contributed by atoms with Crippen LogP contribution in [0.5, 0.6) is 0 Å². The smallest absolute Gasteiger partial charge is 0.155 e. The van der Waals surface area contributed by atoms with Gasteiger partial charge in [-0.2, -0.15) is 0 Å². The second-order valence-corrected chi connectivity index (χ2v) is 3.24. The first-order valence-corrected chi connectivity index (χ1v) is 4.41. The Labute approximate surface area is 81.6 Å². The van der Waals surface area contributed by atoms with E-state index >= 15 is 0 Å². The molecule has 0 saturated heterocycles. The van der Waals surface area contributed by atoms with Crippen molar-refractivity contribution in [2.24, 2.45) is 5.16 Å². The summed E-state index contributed by atoms with van der Waals surface area (Å²) in [6, 6.07) is 7.76. The van der Waals surface area contributed by atoms with Gasteiger partial charge in [0.05, 0.1) is 0 Å². The molecular weight excluding hydrogens is 178 g/mol. The van der Waals surface area contributed by atoms with Crippen LogP contribution in [0.4, 0.5) is 0 Å². The van der Waals surface area contributed by atoms with Crippen LogP contribution in [0.1, 0.15) is 18.2 Å². The van der Waals surface area contributed by atoms with E-state index in [-0.39, 0.29) is 0 Å². The Morgan fingerprint density at radius 1 is 1.36 bits per heavy atom. The minimum atomic E-state index is 0.499. The first-order chi connectivity index (χ1) is 6.74. The summed E-state index contributed by atoms with van der Waals surface area (Å²) in [4.78, 5) is 0. The van der Waals surface area contributed by atoms with Crippen LogP contribution in [0.15, 0.2) is 33.8 Å². The Balaban J connectivity index is 2.75. The van der Waals surface area contributed by atoms with E-state index in [1.54, 1.807) is 6.92 Å². The molecule has 0 bridgehead atoms. The van der Waals surface area contributed by atoms with Gasteiger partial charge in [-0.15, -0.1) is 0 Å². The number of hydrogen-bond acceptors (Lipinski definition) is 3. The van der Waals surface area contributed by atoms with Gasteiger partial charge in [0.1, 0.15) is 11.3 Å². The monoisotopic (exact) mass is 189 g/mol. The number of para-hydroxylation sites is 1. The van der Waals surface area contributed by atoms with Crippen molar-refractivity contribution in [1.29, 1.82) is 0 Å². The third-order valence-electron chi connectivity index (χ3n) is 2.32. The van der Waals surface area contributed by atoms with Crippen LogP contribution >= 0.6 is 0 Å². The average Bonchev–Trinajstić information content (AvgIpc) is 2.56. The number of rotatable bonds is 1. The number of benzene rings is 1. The molecule has 0 atom stereocenters. The van der Waals surface area contributed by atoms with Crippen LogP contribution in [0, 0.1) is 6.92 Å². The van der Waals surface area contributed by atoms with Crippen LogP contribution in [-0.2, 0) is 0 Å². The van der Waals surface area contributed by atoms with Gasteiger partial charge >= 0.3 is 0 Å². The lowest BCUT2D eigenvalue weighted by atomic mass is 10.1. The molecule has 0 radical (unpaired) electrons. The molecule has 1 heterocycles. The predicted molar refractivity (Wildman–Crippen MR) is 54.9 cm³/mol. The second-order valence-electron chi connectivity index (χ2n) is 3.24. The first kappa shape index (κ1) is 8.81. The molecule has 0 spiro atoms. The Morgan fingerprint density at radius 3 is 2.71 bits per heavy atom. The molecule has 3 heteroatoms. The second kappa shape index (κ2) is 3.18. The molecule has 0 saturated carbocycles. The molecule has 14 heavy (non-hydrogen) atoms. The molecule has 0 aliphatic rings. The van der Waals surface area contributed by atoms with Crippen molar-refractivity contribution in [2.75, 3.05) is 0 Å². The third-order valence-corrected chi connectivity index (χ3v) is 2.32. The lowest BCUT2D eigenvalue weighted by molar-refractivity contribution is 0.318. The van der Waals surface area contributed by atoms with Crippen molar-refractivity contribution in [1.82, 2.24) is 0 Å². The fraction of sp³-hybridized carbons (Fsp3) is 0.182. The predicted octanol–water partition coefficient (Wildman–Crippen LogP) is 2.94. The molecule has 0 amide bonds. The van der Waals surface area contributed by atoms with E-state index in [2.05, 4.69) is 5.16 Å². The maximum Gasteiger partial charge on any atom is 0.155 e. The molecule has 0 unspecified atom stereocenters. The highest BCUT2D eigenvalue weighted by Gasteiger charge is 2.11. The summed E-state index contributed by atoms with van der Waals surface area (Å²) in [7, 11) is 0. The van der Waals surface area contributed by atoms with Gasteiger partial charge in [0.25, 0.3) is 0 Å². The van der Waals surface area contributed by atoms with Gasteiger partial charge in [-0.05, 0) is 19.9 Å². The van der Waals surface area contributed by atoms with Gasteiger partial charge in [-0.3, -0.25) is 0 Å². The number of fused-ring (bicyclic) bond motifs is 1. The van der Waals surface area contributed by atoms with Gasteiger partial charge < -0.3 is 9.62 Å². The Kier molecular flexibility index (Phi) is 2.00. The average molecular weight is 189 g/mol. The molecule has 1 aromatic heterocycles. The van der Waals surface area contributed by atoms with Crippen LogP contribution < -0.4 is 0 Å². The summed E-state index contributed by atoms with van der Waals surface area (Å²) in [5, 5.41) is 12.9. The van der Waals surface area contributed by atoms with Crippen LogP contribution in [0.3, 0.4) is 0 Å². The molecule has 1 aromatic carbocycles. The van der Waals surface area contributed by atoms with E-state index < -0.39 is 0 Å². The van der Waals surface area contributed by atoms with E-state index in [0.717, 1.165) is 16.5 Å². The van der Waals surface area contributed by atoms with Gasteiger partial charge in [-0.25, -0.2) is 0 Å². The summed E-state index contributed by atoms with van der Waals surface area (Å²) >= 11 is 0. The van der Waals surface area contributed by atoms with Gasteiger partial charge in [-0.1, -0.05) is 23.4 Å². The topological polar surface area (TPSA) is 45.7 Å². The SMILES string of the molecule is C/C(=N/O)c1oc2ccccc2c1C. The zero-order chi connectivity index (χ0) is 10.1. The summed E-state index contributed by atoms with van der Waals surface area (Å²) in [5.74, 6) is 0.647. The van der Waals surface area contributed by atoms with Crippen molar-refractivity contribution in [3.05, 3.63) is 35.6 Å². The van der Waals surface area contributed by atoms with Crippen LogP contribution in [0.2, 0.25) is 0 Å². The normalized spacial score (nSPS) is 12.3. The molecule has 0 aliphatic carbocycles. The number of nitrogens with zero attached hydrogens (tertiary/aromatic N) is 1. The third kappa shape index (κ3) is 1.18. The van der Waals surface area contributed by atoms with Crippen LogP contribution in [-0.4, -0.2) is 10.9 Å². The van der Waals surface area contributed by atoms with E-state index in [9.17, 15) is 0 Å². The van der Waals surface area contributed by atoms with Gasteiger partial charge in [0.15, 0.2) is 5.76 Å². The fourth-order valence-electron chi connectivity index (χ4n) is 1.56. The Bertz CT molecular complexity index is 497. The van der Waals surface area contributed by atoms with Gasteiger partial charge in [0, 0.05) is 10.9 Å². The maximum absolute atomic E-state index is 8.67. The summed E-state index contributed by atoms with van der Waals surface area (Å²) in [6.07, 6.45) is 0. The largest absolute Gasteiger partial charge is 0.454 e. The Hall–Kier alpha value is -1.77. The maximum atomic E-state index is 8.67. The summed E-state index contributed by atoms with van der Waals surface area (Å²) in [5.41, 5.74) is 2.33. The molecule has 0 aliphatic heterocycles. The van der Waals surface area contributed by atoms with E-state index in [1.165, 1.54) is 0 Å². The lowest BCUT2D eigenvalue weighted by Gasteiger charge is -1.92. The summed E-state index contributed by atoms with van der Waals surface area (Å²) < 4.78 is 5.56. The number of oxime groups is 1. The van der Waals surface area contributed by atoms with Gasteiger partial charge in [0.2, 0.25) is 0 Å². The molecule has 2 rings (SSSR count). The first-order valence-electron chi connectivity index (χ1n) is 4.41. The van der Waals surface area contributed by atoms with Crippen molar-refractivity contribution in [3.8, 4) is 0 Å². The Morgan fingerprint density at radius 2 is 2.07 bits per heavy atom. The number of furan rings is 1.